The second-order valence-electron chi connectivity index (χ2n) is 6.01. The van der Waals surface area contributed by atoms with Crippen molar-refractivity contribution < 1.29 is 4.74 Å². The van der Waals surface area contributed by atoms with Gasteiger partial charge in [-0.3, -0.25) is 4.99 Å². The van der Waals surface area contributed by atoms with Crippen molar-refractivity contribution in [3.63, 3.8) is 0 Å². The number of nitrogens with zero attached hydrogens (tertiary/aromatic N) is 4. The van der Waals surface area contributed by atoms with E-state index in [1.54, 1.807) is 6.20 Å². The van der Waals surface area contributed by atoms with Crippen molar-refractivity contribution >= 4 is 29.9 Å². The Morgan fingerprint density at radius 1 is 1.45 bits per heavy atom. The van der Waals surface area contributed by atoms with E-state index in [0.717, 1.165) is 51.9 Å². The van der Waals surface area contributed by atoms with E-state index in [1.807, 2.05) is 12.5 Å². The van der Waals surface area contributed by atoms with Crippen LogP contribution in [0.3, 0.4) is 0 Å². The van der Waals surface area contributed by atoms with E-state index in [9.17, 15) is 0 Å². The molecule has 0 bridgehead atoms. The topological polar surface area (TPSA) is 54.7 Å². The number of aliphatic imine (C=N–C) groups is 1. The van der Waals surface area contributed by atoms with Gasteiger partial charge in [0, 0.05) is 50.6 Å². The summed E-state index contributed by atoms with van der Waals surface area (Å²) in [5, 5.41) is 3.42. The molecule has 7 heteroatoms. The molecule has 0 saturated carbocycles. The van der Waals surface area contributed by atoms with E-state index in [0.29, 0.717) is 5.41 Å². The molecule has 2 fully saturated rings. The van der Waals surface area contributed by atoms with Gasteiger partial charge >= 0.3 is 0 Å². The maximum absolute atomic E-state index is 5.60. The Hall–Kier alpha value is -0.830. The van der Waals surface area contributed by atoms with Crippen LogP contribution in [0.1, 0.15) is 19.8 Å². The fraction of sp³-hybridized carbons (Fsp3) is 0.733. The summed E-state index contributed by atoms with van der Waals surface area (Å²) in [6.45, 7) is 8.67. The van der Waals surface area contributed by atoms with Crippen molar-refractivity contribution in [3.05, 3.63) is 18.7 Å². The van der Waals surface area contributed by atoms with Crippen LogP contribution in [0.2, 0.25) is 0 Å². The van der Waals surface area contributed by atoms with Gasteiger partial charge in [-0.2, -0.15) is 0 Å². The summed E-state index contributed by atoms with van der Waals surface area (Å²) < 4.78 is 7.66. The van der Waals surface area contributed by atoms with Gasteiger partial charge < -0.3 is 19.5 Å². The molecule has 6 nitrogen and oxygen atoms in total. The highest BCUT2D eigenvalue weighted by atomic mass is 127. The molecule has 1 aromatic rings. The van der Waals surface area contributed by atoms with E-state index >= 15 is 0 Å². The lowest BCUT2D eigenvalue weighted by molar-refractivity contribution is 0.156. The van der Waals surface area contributed by atoms with Crippen molar-refractivity contribution in [2.24, 2.45) is 10.4 Å². The summed E-state index contributed by atoms with van der Waals surface area (Å²) in [5.41, 5.74) is 0.376. The van der Waals surface area contributed by atoms with Crippen LogP contribution >= 0.6 is 24.0 Å². The molecular weight excluding hydrogens is 393 g/mol. The van der Waals surface area contributed by atoms with Gasteiger partial charge in [0.1, 0.15) is 0 Å². The number of hydrogen-bond donors (Lipinski definition) is 1. The zero-order valence-corrected chi connectivity index (χ0v) is 15.5. The molecule has 1 aromatic heterocycles. The molecule has 2 aliphatic heterocycles. The van der Waals surface area contributed by atoms with E-state index in [2.05, 4.69) is 26.7 Å². The lowest BCUT2D eigenvalue weighted by atomic mass is 9.87. The van der Waals surface area contributed by atoms with Crippen molar-refractivity contribution in [3.8, 4) is 0 Å². The number of aromatic nitrogens is 2. The number of rotatable bonds is 4. The third-order valence-corrected chi connectivity index (χ3v) is 4.44. The number of ether oxygens (including phenoxy) is 1. The third-order valence-electron chi connectivity index (χ3n) is 4.44. The Morgan fingerprint density at radius 2 is 2.36 bits per heavy atom. The highest BCUT2D eigenvalue weighted by Gasteiger charge is 2.42. The van der Waals surface area contributed by atoms with Crippen molar-refractivity contribution in [2.75, 3.05) is 39.4 Å². The number of guanidine groups is 1. The number of halogens is 1. The zero-order valence-electron chi connectivity index (χ0n) is 13.2. The smallest absolute Gasteiger partial charge is 0.193 e. The second kappa shape index (κ2) is 8.14. The van der Waals surface area contributed by atoms with Gasteiger partial charge in [0.05, 0.1) is 19.5 Å². The van der Waals surface area contributed by atoms with Crippen LogP contribution in [-0.2, 0) is 11.3 Å². The van der Waals surface area contributed by atoms with Crippen LogP contribution < -0.4 is 5.32 Å². The Balaban J connectivity index is 0.00000176. The molecule has 3 heterocycles. The van der Waals surface area contributed by atoms with Crippen LogP contribution in [0.5, 0.6) is 0 Å². The molecule has 0 amide bonds. The van der Waals surface area contributed by atoms with Crippen molar-refractivity contribution in [1.82, 2.24) is 19.8 Å². The fourth-order valence-corrected chi connectivity index (χ4v) is 3.20. The largest absolute Gasteiger partial charge is 0.381 e. The SMILES string of the molecule is CCNC(=NCCn1ccnc1)N1CCC2(CCOC2)C1.I. The van der Waals surface area contributed by atoms with Gasteiger partial charge in [0.25, 0.3) is 0 Å². The molecule has 2 aliphatic rings. The van der Waals surface area contributed by atoms with Gasteiger partial charge in [-0.25, -0.2) is 4.98 Å². The van der Waals surface area contributed by atoms with E-state index in [-0.39, 0.29) is 24.0 Å². The zero-order chi connectivity index (χ0) is 14.5. The fourth-order valence-electron chi connectivity index (χ4n) is 3.20. The van der Waals surface area contributed by atoms with E-state index in [1.165, 1.54) is 12.8 Å². The molecule has 124 valence electrons. The molecule has 2 saturated heterocycles. The first-order valence-corrected chi connectivity index (χ1v) is 7.88. The molecule has 22 heavy (non-hydrogen) atoms. The summed E-state index contributed by atoms with van der Waals surface area (Å²) >= 11 is 0. The van der Waals surface area contributed by atoms with E-state index in [4.69, 9.17) is 9.73 Å². The number of hydrogen-bond acceptors (Lipinski definition) is 3. The number of nitrogens with one attached hydrogen (secondary N) is 1. The normalized spacial score (nSPS) is 24.8. The lowest BCUT2D eigenvalue weighted by Gasteiger charge is -2.25. The Kier molecular flexibility index (Phi) is 6.49. The van der Waals surface area contributed by atoms with Gasteiger partial charge in [-0.05, 0) is 19.8 Å². The summed E-state index contributed by atoms with van der Waals surface area (Å²) in [6, 6.07) is 0. The first-order valence-electron chi connectivity index (χ1n) is 7.88. The minimum Gasteiger partial charge on any atom is -0.381 e. The number of imidazole rings is 1. The average molecular weight is 419 g/mol. The predicted molar refractivity (Wildman–Crippen MR) is 97.7 cm³/mol. The van der Waals surface area contributed by atoms with Crippen LogP contribution in [0, 0.1) is 5.41 Å². The summed E-state index contributed by atoms with van der Waals surface area (Å²) in [4.78, 5) is 11.2. The summed E-state index contributed by atoms with van der Waals surface area (Å²) in [6.07, 6.45) is 8.03. The quantitative estimate of drug-likeness (QED) is 0.458. The highest BCUT2D eigenvalue weighted by Crippen LogP contribution is 2.38. The maximum Gasteiger partial charge on any atom is 0.193 e. The molecular formula is C15H26IN5O. The third kappa shape index (κ3) is 4.13. The van der Waals surface area contributed by atoms with Gasteiger partial charge in [0.15, 0.2) is 5.96 Å². The lowest BCUT2D eigenvalue weighted by Crippen LogP contribution is -2.41. The molecule has 0 radical (unpaired) electrons. The predicted octanol–water partition coefficient (Wildman–Crippen LogP) is 1.58. The van der Waals surface area contributed by atoms with Crippen LogP contribution in [0.25, 0.3) is 0 Å². The molecule has 0 aromatic carbocycles. The summed E-state index contributed by atoms with van der Waals surface area (Å²) in [7, 11) is 0. The standard InChI is InChI=1S/C15H25N5O.HI/c1-2-17-14(18-6-9-19-8-5-16-13-19)20-7-3-15(11-20)4-10-21-12-15;/h5,8,13H,2-4,6-7,9-12H2,1H3,(H,17,18);1H. The Morgan fingerprint density at radius 3 is 3.05 bits per heavy atom. The minimum atomic E-state index is 0. The first-order chi connectivity index (χ1) is 10.3. The number of likely N-dealkylation sites (tertiary alicyclic amines) is 1. The van der Waals surface area contributed by atoms with Crippen LogP contribution in [0.15, 0.2) is 23.7 Å². The van der Waals surface area contributed by atoms with Crippen LogP contribution in [0.4, 0.5) is 0 Å². The van der Waals surface area contributed by atoms with Crippen molar-refractivity contribution in [2.45, 2.75) is 26.3 Å². The van der Waals surface area contributed by atoms with Crippen molar-refractivity contribution in [1.29, 1.82) is 0 Å². The highest BCUT2D eigenvalue weighted by molar-refractivity contribution is 14.0. The Bertz CT molecular complexity index is 470. The molecule has 1 unspecified atom stereocenters. The van der Waals surface area contributed by atoms with E-state index < -0.39 is 0 Å². The molecule has 0 aliphatic carbocycles. The van der Waals surface area contributed by atoms with Gasteiger partial charge in [-0.1, -0.05) is 0 Å². The Labute approximate surface area is 149 Å². The monoisotopic (exact) mass is 419 g/mol. The molecule has 1 atom stereocenters. The van der Waals surface area contributed by atoms with Gasteiger partial charge in [-0.15, -0.1) is 24.0 Å². The van der Waals surface area contributed by atoms with Gasteiger partial charge in [0.2, 0.25) is 0 Å². The molecule has 3 rings (SSSR count). The minimum absolute atomic E-state index is 0. The first kappa shape index (κ1) is 17.5. The second-order valence-corrected chi connectivity index (χ2v) is 6.01. The average Bonchev–Trinajstić information content (AvgIpc) is 3.22. The molecule has 1 spiro atoms. The van der Waals surface area contributed by atoms with Crippen LogP contribution in [-0.4, -0.2) is 59.8 Å². The molecule has 1 N–H and O–H groups in total. The summed E-state index contributed by atoms with van der Waals surface area (Å²) in [5.74, 6) is 1.04. The maximum atomic E-state index is 5.60.